The van der Waals surface area contributed by atoms with E-state index in [2.05, 4.69) is 16.3 Å². The number of ether oxygens (including phenoxy) is 2. The van der Waals surface area contributed by atoms with Crippen molar-refractivity contribution in [3.8, 4) is 17.1 Å². The number of fused-ring (bicyclic) bond motifs is 1. The number of anilines is 1. The Morgan fingerprint density at radius 3 is 2.91 bits per heavy atom. The van der Waals surface area contributed by atoms with Crippen molar-refractivity contribution in [2.24, 2.45) is 0 Å². The standard InChI is InChI=1S/C25H28N4O4/c1-16-8-9-19-21(13-16)27-23(20-6-2-3-7-22(20)30)28-24(19)29-11-4-5-17(14-29)26-25(31)33-18-10-12-32-15-18/h2-3,6-9,13,17-18,30H,4-5,10-12,14-15H2,1H3,(H,26,31)/t17-,18-/m0/s1. The normalized spacial score (nSPS) is 20.7. The summed E-state index contributed by atoms with van der Waals surface area (Å²) in [6, 6.07) is 13.2. The fourth-order valence-electron chi connectivity index (χ4n) is 4.49. The van der Waals surface area contributed by atoms with Crippen molar-refractivity contribution in [2.75, 3.05) is 31.2 Å². The maximum absolute atomic E-state index is 12.4. The number of aromatic hydroxyl groups is 1. The van der Waals surface area contributed by atoms with Crippen molar-refractivity contribution in [3.05, 3.63) is 48.0 Å². The maximum atomic E-state index is 12.4. The zero-order valence-corrected chi connectivity index (χ0v) is 18.7. The van der Waals surface area contributed by atoms with Gasteiger partial charge in [0.05, 0.1) is 24.3 Å². The monoisotopic (exact) mass is 448 g/mol. The van der Waals surface area contributed by atoms with Gasteiger partial charge in [-0.25, -0.2) is 14.8 Å². The van der Waals surface area contributed by atoms with Gasteiger partial charge in [-0.05, 0) is 49.6 Å². The Labute approximate surface area is 192 Å². The number of aromatic nitrogens is 2. The number of phenols is 1. The van der Waals surface area contributed by atoms with Gasteiger partial charge in [0.2, 0.25) is 0 Å². The van der Waals surface area contributed by atoms with E-state index in [4.69, 9.17) is 19.4 Å². The number of hydrogen-bond acceptors (Lipinski definition) is 7. The number of hydrogen-bond donors (Lipinski definition) is 2. The predicted molar refractivity (Wildman–Crippen MR) is 125 cm³/mol. The van der Waals surface area contributed by atoms with Crippen molar-refractivity contribution in [1.82, 2.24) is 15.3 Å². The molecule has 2 atom stereocenters. The van der Waals surface area contributed by atoms with Crippen molar-refractivity contribution >= 4 is 22.8 Å². The van der Waals surface area contributed by atoms with E-state index in [0.717, 1.165) is 48.1 Å². The molecule has 1 aromatic heterocycles. The number of para-hydroxylation sites is 1. The summed E-state index contributed by atoms with van der Waals surface area (Å²) >= 11 is 0. The molecule has 0 radical (unpaired) electrons. The van der Waals surface area contributed by atoms with Gasteiger partial charge in [-0.3, -0.25) is 0 Å². The summed E-state index contributed by atoms with van der Waals surface area (Å²) in [5.74, 6) is 1.44. The third kappa shape index (κ3) is 4.71. The number of piperidine rings is 1. The Morgan fingerprint density at radius 2 is 2.09 bits per heavy atom. The summed E-state index contributed by atoms with van der Waals surface area (Å²) in [7, 11) is 0. The Morgan fingerprint density at radius 1 is 1.21 bits per heavy atom. The van der Waals surface area contributed by atoms with Crippen molar-refractivity contribution in [1.29, 1.82) is 0 Å². The first-order valence-electron chi connectivity index (χ1n) is 11.4. The lowest BCUT2D eigenvalue weighted by molar-refractivity contribution is 0.0803. The first kappa shape index (κ1) is 21.5. The Balaban J connectivity index is 1.43. The smallest absolute Gasteiger partial charge is 0.407 e. The molecule has 2 aromatic carbocycles. The molecule has 2 aliphatic rings. The quantitative estimate of drug-likeness (QED) is 0.627. The minimum Gasteiger partial charge on any atom is -0.507 e. The largest absolute Gasteiger partial charge is 0.507 e. The zero-order valence-electron chi connectivity index (χ0n) is 18.7. The summed E-state index contributed by atoms with van der Waals surface area (Å²) in [6.45, 7) is 4.57. The lowest BCUT2D eigenvalue weighted by Gasteiger charge is -2.34. The fraction of sp³-hybridized carbons (Fsp3) is 0.400. The number of amides is 1. The van der Waals surface area contributed by atoms with E-state index in [9.17, 15) is 9.90 Å². The molecule has 0 unspecified atom stereocenters. The second-order valence-corrected chi connectivity index (χ2v) is 8.73. The summed E-state index contributed by atoms with van der Waals surface area (Å²) in [5, 5.41) is 14.4. The Hall–Kier alpha value is -3.39. The zero-order chi connectivity index (χ0) is 22.8. The molecular formula is C25H28N4O4. The van der Waals surface area contributed by atoms with E-state index in [-0.39, 0.29) is 17.9 Å². The van der Waals surface area contributed by atoms with Crippen LogP contribution in [-0.4, -0.2) is 59.6 Å². The molecule has 1 amide bonds. The van der Waals surface area contributed by atoms with Gasteiger partial charge in [0.15, 0.2) is 5.82 Å². The van der Waals surface area contributed by atoms with Crippen LogP contribution >= 0.6 is 0 Å². The molecule has 2 aliphatic heterocycles. The first-order chi connectivity index (χ1) is 16.1. The summed E-state index contributed by atoms with van der Waals surface area (Å²) in [5.41, 5.74) is 2.53. The van der Waals surface area contributed by atoms with Gasteiger partial charge in [0, 0.05) is 30.9 Å². The van der Waals surface area contributed by atoms with Crippen molar-refractivity contribution in [3.63, 3.8) is 0 Å². The number of aryl methyl sites for hydroxylation is 1. The van der Waals surface area contributed by atoms with Crippen LogP contribution in [0.4, 0.5) is 10.6 Å². The van der Waals surface area contributed by atoms with Crippen LogP contribution in [0.5, 0.6) is 5.75 Å². The number of alkyl carbamates (subject to hydrolysis) is 1. The SMILES string of the molecule is Cc1ccc2c(N3CCC[C@H](NC(=O)O[C@H]4CCOC4)C3)nc(-c3ccccc3O)nc2c1. The van der Waals surface area contributed by atoms with Gasteiger partial charge in [-0.2, -0.15) is 0 Å². The third-order valence-corrected chi connectivity index (χ3v) is 6.18. The number of rotatable bonds is 4. The molecule has 0 aliphatic carbocycles. The van der Waals surface area contributed by atoms with Gasteiger partial charge < -0.3 is 24.8 Å². The molecule has 0 saturated carbocycles. The number of benzene rings is 2. The lowest BCUT2D eigenvalue weighted by atomic mass is 10.0. The van der Waals surface area contributed by atoms with Crippen LogP contribution in [0.1, 0.15) is 24.8 Å². The second kappa shape index (κ2) is 9.23. The molecule has 2 N–H and O–H groups in total. The van der Waals surface area contributed by atoms with Gasteiger partial charge in [-0.15, -0.1) is 0 Å². The van der Waals surface area contributed by atoms with E-state index in [1.165, 1.54) is 0 Å². The summed E-state index contributed by atoms with van der Waals surface area (Å²) < 4.78 is 10.8. The van der Waals surface area contributed by atoms with Gasteiger partial charge in [0.1, 0.15) is 17.7 Å². The fourth-order valence-corrected chi connectivity index (χ4v) is 4.49. The third-order valence-electron chi connectivity index (χ3n) is 6.18. The lowest BCUT2D eigenvalue weighted by Crippen LogP contribution is -2.48. The summed E-state index contributed by atoms with van der Waals surface area (Å²) in [4.78, 5) is 24.2. The predicted octanol–water partition coefficient (Wildman–Crippen LogP) is 3.79. The van der Waals surface area contributed by atoms with Crippen LogP contribution in [0.2, 0.25) is 0 Å². The number of nitrogens with one attached hydrogen (secondary N) is 1. The van der Waals surface area contributed by atoms with Crippen molar-refractivity contribution in [2.45, 2.75) is 38.3 Å². The molecule has 2 saturated heterocycles. The van der Waals surface area contributed by atoms with Crippen LogP contribution in [0.15, 0.2) is 42.5 Å². The van der Waals surface area contributed by atoms with Gasteiger partial charge in [-0.1, -0.05) is 18.2 Å². The van der Waals surface area contributed by atoms with Crippen LogP contribution < -0.4 is 10.2 Å². The van der Waals surface area contributed by atoms with Crippen LogP contribution in [0.3, 0.4) is 0 Å². The minimum atomic E-state index is -0.393. The highest BCUT2D eigenvalue weighted by molar-refractivity contribution is 5.92. The maximum Gasteiger partial charge on any atom is 0.407 e. The molecule has 8 nitrogen and oxygen atoms in total. The molecule has 8 heteroatoms. The molecule has 172 valence electrons. The van der Waals surface area contributed by atoms with E-state index in [1.807, 2.05) is 31.2 Å². The van der Waals surface area contributed by atoms with Gasteiger partial charge >= 0.3 is 6.09 Å². The van der Waals surface area contributed by atoms with Crippen LogP contribution in [0, 0.1) is 6.92 Å². The highest BCUT2D eigenvalue weighted by atomic mass is 16.6. The second-order valence-electron chi connectivity index (χ2n) is 8.73. The molecule has 3 heterocycles. The number of carbonyl (C=O) groups excluding carboxylic acids is 1. The Bertz CT molecular complexity index is 1160. The average Bonchev–Trinajstić information content (AvgIpc) is 3.31. The molecule has 3 aromatic rings. The first-order valence-corrected chi connectivity index (χ1v) is 11.4. The molecule has 0 spiro atoms. The van der Waals surface area contributed by atoms with E-state index in [1.54, 1.807) is 12.1 Å². The molecular weight excluding hydrogens is 420 g/mol. The van der Waals surface area contributed by atoms with E-state index < -0.39 is 6.09 Å². The average molecular weight is 449 g/mol. The van der Waals surface area contributed by atoms with E-state index in [0.29, 0.717) is 31.1 Å². The van der Waals surface area contributed by atoms with Gasteiger partial charge in [0.25, 0.3) is 0 Å². The molecule has 2 fully saturated rings. The van der Waals surface area contributed by atoms with Crippen LogP contribution in [-0.2, 0) is 9.47 Å². The molecule has 5 rings (SSSR count). The Kier molecular flexibility index (Phi) is 6.00. The number of phenolic OH excluding ortho intramolecular Hbond substituents is 1. The molecule has 33 heavy (non-hydrogen) atoms. The van der Waals surface area contributed by atoms with Crippen LogP contribution in [0.25, 0.3) is 22.3 Å². The topological polar surface area (TPSA) is 96.8 Å². The van der Waals surface area contributed by atoms with Crippen molar-refractivity contribution < 1.29 is 19.4 Å². The molecule has 0 bridgehead atoms. The summed E-state index contributed by atoms with van der Waals surface area (Å²) in [6.07, 6.45) is 1.98. The minimum absolute atomic E-state index is 0.0439. The number of carbonyl (C=O) groups is 1. The number of nitrogens with zero attached hydrogens (tertiary/aromatic N) is 3. The van der Waals surface area contributed by atoms with E-state index >= 15 is 0 Å². The highest BCUT2D eigenvalue weighted by Crippen LogP contribution is 2.33. The highest BCUT2D eigenvalue weighted by Gasteiger charge is 2.27.